The average molecular weight is 210 g/mol. The summed E-state index contributed by atoms with van der Waals surface area (Å²) in [6.45, 7) is 1.42. The molecule has 1 N–H and O–H groups in total. The van der Waals surface area contributed by atoms with Crippen LogP contribution in [0.1, 0.15) is 17.3 Å². The van der Waals surface area contributed by atoms with Crippen molar-refractivity contribution in [2.24, 2.45) is 0 Å². The first-order chi connectivity index (χ1) is 7.08. The average Bonchev–Trinajstić information content (AvgIpc) is 2.27. The molecule has 1 aromatic carbocycles. The fourth-order valence-electron chi connectivity index (χ4n) is 1.19. The molecule has 0 unspecified atom stereocenters. The molecule has 0 aromatic heterocycles. The van der Waals surface area contributed by atoms with Gasteiger partial charge in [0.05, 0.1) is 14.2 Å². The van der Waals surface area contributed by atoms with E-state index in [9.17, 15) is 9.90 Å². The Labute approximate surface area is 88.4 Å². The molecule has 15 heavy (non-hydrogen) atoms. The second-order valence-electron chi connectivity index (χ2n) is 3.14. The highest BCUT2D eigenvalue weighted by molar-refractivity contribution is 5.99. The Morgan fingerprint density at radius 2 is 1.67 bits per heavy atom. The van der Waals surface area contributed by atoms with Gasteiger partial charge >= 0.3 is 0 Å². The molecule has 1 aromatic rings. The monoisotopic (exact) mass is 210 g/mol. The van der Waals surface area contributed by atoms with Gasteiger partial charge < -0.3 is 14.6 Å². The maximum atomic E-state index is 11.5. The van der Waals surface area contributed by atoms with Crippen LogP contribution in [0.3, 0.4) is 0 Å². The topological polar surface area (TPSA) is 55.8 Å². The van der Waals surface area contributed by atoms with Gasteiger partial charge in [-0.25, -0.2) is 0 Å². The molecule has 4 nitrogen and oxygen atoms in total. The highest BCUT2D eigenvalue weighted by Gasteiger charge is 2.14. The zero-order chi connectivity index (χ0) is 11.4. The number of hydrogen-bond acceptors (Lipinski definition) is 4. The highest BCUT2D eigenvalue weighted by Crippen LogP contribution is 2.23. The van der Waals surface area contributed by atoms with E-state index in [0.29, 0.717) is 17.1 Å². The molecule has 0 saturated carbocycles. The molecule has 82 valence electrons. The molecule has 0 amide bonds. The lowest BCUT2D eigenvalue weighted by Gasteiger charge is -2.08. The summed E-state index contributed by atoms with van der Waals surface area (Å²) in [4.78, 5) is 11.5. The number of carbonyl (C=O) groups is 1. The van der Waals surface area contributed by atoms with Crippen molar-refractivity contribution in [3.63, 3.8) is 0 Å². The molecular formula is C11H14O4. The van der Waals surface area contributed by atoms with Crippen molar-refractivity contribution in [3.05, 3.63) is 23.8 Å². The van der Waals surface area contributed by atoms with Crippen molar-refractivity contribution >= 4 is 5.78 Å². The minimum atomic E-state index is -1.03. The van der Waals surface area contributed by atoms with E-state index < -0.39 is 6.10 Å². The minimum Gasteiger partial charge on any atom is -0.497 e. The number of aliphatic hydroxyl groups is 1. The number of ketones is 1. The fourth-order valence-corrected chi connectivity index (χ4v) is 1.19. The van der Waals surface area contributed by atoms with Gasteiger partial charge in [-0.15, -0.1) is 0 Å². The normalized spacial score (nSPS) is 12.0. The Morgan fingerprint density at radius 1 is 1.20 bits per heavy atom. The van der Waals surface area contributed by atoms with Crippen LogP contribution >= 0.6 is 0 Å². The minimum absolute atomic E-state index is 0.354. The van der Waals surface area contributed by atoms with Gasteiger partial charge in [0.25, 0.3) is 0 Å². The van der Waals surface area contributed by atoms with Crippen molar-refractivity contribution in [1.82, 2.24) is 0 Å². The summed E-state index contributed by atoms with van der Waals surface area (Å²) in [6.07, 6.45) is -1.03. The van der Waals surface area contributed by atoms with E-state index in [2.05, 4.69) is 0 Å². The summed E-state index contributed by atoms with van der Waals surface area (Å²) in [5.74, 6) is 0.698. The Balaban J connectivity index is 3.12. The van der Waals surface area contributed by atoms with Gasteiger partial charge in [0, 0.05) is 11.6 Å². The van der Waals surface area contributed by atoms with Crippen LogP contribution in [-0.2, 0) is 0 Å². The number of rotatable bonds is 4. The number of ether oxygens (including phenoxy) is 2. The number of Topliss-reactive ketones (excluding diaryl/α,β-unsaturated/α-hetero) is 1. The third-order valence-electron chi connectivity index (χ3n) is 2.02. The van der Waals surface area contributed by atoms with Crippen molar-refractivity contribution in [2.45, 2.75) is 13.0 Å². The molecule has 0 fully saturated rings. The molecule has 1 rings (SSSR count). The summed E-state index contributed by atoms with van der Waals surface area (Å²) in [5, 5.41) is 9.17. The van der Waals surface area contributed by atoms with Crippen molar-refractivity contribution in [3.8, 4) is 11.5 Å². The van der Waals surface area contributed by atoms with E-state index in [4.69, 9.17) is 9.47 Å². The third kappa shape index (κ3) is 2.70. The van der Waals surface area contributed by atoms with Crippen LogP contribution in [0.2, 0.25) is 0 Å². The first-order valence-electron chi connectivity index (χ1n) is 4.54. The second-order valence-corrected chi connectivity index (χ2v) is 3.14. The van der Waals surface area contributed by atoms with E-state index in [0.717, 1.165) is 0 Å². The Morgan fingerprint density at radius 3 is 2.00 bits per heavy atom. The number of carbonyl (C=O) groups excluding carboxylic acids is 1. The quantitative estimate of drug-likeness (QED) is 0.760. The number of aliphatic hydroxyl groups excluding tert-OH is 1. The van der Waals surface area contributed by atoms with E-state index in [-0.39, 0.29) is 5.78 Å². The van der Waals surface area contributed by atoms with Gasteiger partial charge in [-0.2, -0.15) is 0 Å². The molecule has 0 spiro atoms. The smallest absolute Gasteiger partial charge is 0.191 e. The van der Waals surface area contributed by atoms with Crippen LogP contribution in [-0.4, -0.2) is 31.2 Å². The summed E-state index contributed by atoms with van der Waals surface area (Å²) >= 11 is 0. The number of hydrogen-bond donors (Lipinski definition) is 1. The van der Waals surface area contributed by atoms with Gasteiger partial charge in [-0.3, -0.25) is 4.79 Å². The van der Waals surface area contributed by atoms with Crippen LogP contribution in [0.5, 0.6) is 11.5 Å². The van der Waals surface area contributed by atoms with Crippen LogP contribution in [0.4, 0.5) is 0 Å². The van der Waals surface area contributed by atoms with E-state index in [1.54, 1.807) is 18.2 Å². The molecule has 0 radical (unpaired) electrons. The lowest BCUT2D eigenvalue weighted by Crippen LogP contribution is -2.16. The maximum absolute atomic E-state index is 11.5. The summed E-state index contributed by atoms with van der Waals surface area (Å²) in [6, 6.07) is 4.80. The van der Waals surface area contributed by atoms with Crippen molar-refractivity contribution in [2.75, 3.05) is 14.2 Å². The molecule has 0 heterocycles. The Kier molecular flexibility index (Phi) is 3.68. The zero-order valence-corrected chi connectivity index (χ0v) is 8.98. The SMILES string of the molecule is COc1cc(OC)cc(C(=O)[C@H](C)O)c1. The van der Waals surface area contributed by atoms with Gasteiger partial charge in [0.1, 0.15) is 17.6 Å². The molecule has 0 saturated heterocycles. The first-order valence-corrected chi connectivity index (χ1v) is 4.54. The molecule has 4 heteroatoms. The Hall–Kier alpha value is -1.55. The van der Waals surface area contributed by atoms with Crippen LogP contribution in [0.15, 0.2) is 18.2 Å². The predicted octanol–water partition coefficient (Wildman–Crippen LogP) is 1.27. The lowest BCUT2D eigenvalue weighted by atomic mass is 10.1. The molecule has 0 bridgehead atoms. The van der Waals surface area contributed by atoms with Crippen molar-refractivity contribution in [1.29, 1.82) is 0 Å². The molecule has 1 atom stereocenters. The molecule has 0 aliphatic carbocycles. The third-order valence-corrected chi connectivity index (χ3v) is 2.02. The molecule has 0 aliphatic rings. The van der Waals surface area contributed by atoms with Crippen LogP contribution < -0.4 is 9.47 Å². The van der Waals surface area contributed by atoms with Crippen molar-refractivity contribution < 1.29 is 19.4 Å². The number of benzene rings is 1. The molecule has 0 aliphatic heterocycles. The molecular weight excluding hydrogens is 196 g/mol. The first kappa shape index (κ1) is 11.5. The van der Waals surface area contributed by atoms with E-state index in [1.807, 2.05) is 0 Å². The van der Waals surface area contributed by atoms with Gasteiger partial charge in [0.15, 0.2) is 5.78 Å². The summed E-state index contributed by atoms with van der Waals surface area (Å²) in [7, 11) is 3.01. The largest absolute Gasteiger partial charge is 0.497 e. The highest BCUT2D eigenvalue weighted by atomic mass is 16.5. The van der Waals surface area contributed by atoms with Gasteiger partial charge in [-0.05, 0) is 19.1 Å². The van der Waals surface area contributed by atoms with Gasteiger partial charge in [-0.1, -0.05) is 0 Å². The fraction of sp³-hybridized carbons (Fsp3) is 0.364. The number of methoxy groups -OCH3 is 2. The van der Waals surface area contributed by atoms with Crippen LogP contribution in [0, 0.1) is 0 Å². The maximum Gasteiger partial charge on any atom is 0.191 e. The zero-order valence-electron chi connectivity index (χ0n) is 8.98. The van der Waals surface area contributed by atoms with E-state index in [1.165, 1.54) is 21.1 Å². The standard InChI is InChI=1S/C11H14O4/c1-7(12)11(13)8-4-9(14-2)6-10(5-8)15-3/h4-7,12H,1-3H3/t7-/m0/s1. The predicted molar refractivity (Wildman–Crippen MR) is 55.6 cm³/mol. The summed E-state index contributed by atoms with van der Waals surface area (Å²) in [5.41, 5.74) is 0.376. The summed E-state index contributed by atoms with van der Waals surface area (Å²) < 4.78 is 10.0. The van der Waals surface area contributed by atoms with E-state index >= 15 is 0 Å². The Bertz CT molecular complexity index is 335. The van der Waals surface area contributed by atoms with Gasteiger partial charge in [0.2, 0.25) is 0 Å². The van der Waals surface area contributed by atoms with Crippen LogP contribution in [0.25, 0.3) is 0 Å². The second kappa shape index (κ2) is 4.79. The lowest BCUT2D eigenvalue weighted by molar-refractivity contribution is 0.0779.